The molecular formula is C21H22BrCl2FO4. The molecule has 158 valence electrons. The lowest BCUT2D eigenvalue weighted by Crippen LogP contribution is -2.06. The maximum atomic E-state index is 12.6. The number of ether oxygens (including phenoxy) is 4. The van der Waals surface area contributed by atoms with Gasteiger partial charge in [-0.05, 0) is 60.1 Å². The highest BCUT2D eigenvalue weighted by Gasteiger charge is 2.11. The fourth-order valence-corrected chi connectivity index (χ4v) is 2.98. The normalized spacial score (nSPS) is 11.5. The van der Waals surface area contributed by atoms with E-state index in [1.54, 1.807) is 12.1 Å². The Morgan fingerprint density at radius 1 is 0.966 bits per heavy atom. The van der Waals surface area contributed by atoms with Gasteiger partial charge in [-0.25, -0.2) is 0 Å². The molecule has 2 rings (SSSR count). The number of rotatable bonds is 11. The summed E-state index contributed by atoms with van der Waals surface area (Å²) in [6, 6.07) is 10.6. The van der Waals surface area contributed by atoms with Crippen LogP contribution in [0.15, 0.2) is 47.2 Å². The Labute approximate surface area is 188 Å². The largest absolute Gasteiger partial charge is 0.493 e. The molecule has 4 nitrogen and oxygen atoms in total. The summed E-state index contributed by atoms with van der Waals surface area (Å²) in [6.07, 6.45) is 2.01. The molecule has 2 aromatic carbocycles. The van der Waals surface area contributed by atoms with Gasteiger partial charge in [0.1, 0.15) is 23.9 Å². The van der Waals surface area contributed by atoms with Gasteiger partial charge in [-0.3, -0.25) is 0 Å². The summed E-state index contributed by atoms with van der Waals surface area (Å²) in [4.78, 5) is 0. The van der Waals surface area contributed by atoms with E-state index in [2.05, 4.69) is 15.9 Å². The summed E-state index contributed by atoms with van der Waals surface area (Å²) < 4.78 is 34.4. The van der Waals surface area contributed by atoms with Crippen LogP contribution in [0.3, 0.4) is 0 Å². The first-order valence-corrected chi connectivity index (χ1v) is 10.6. The van der Waals surface area contributed by atoms with Crippen LogP contribution in [-0.4, -0.2) is 25.9 Å². The number of halogens is 4. The van der Waals surface area contributed by atoms with Crippen LogP contribution in [-0.2, 0) is 0 Å². The van der Waals surface area contributed by atoms with E-state index >= 15 is 0 Å². The average Bonchev–Trinajstić information content (AvgIpc) is 2.64. The third-order valence-corrected chi connectivity index (χ3v) is 4.34. The minimum absolute atomic E-state index is 0.0475. The second kappa shape index (κ2) is 12.2. The first-order chi connectivity index (χ1) is 13.8. The van der Waals surface area contributed by atoms with Crippen LogP contribution in [0.4, 0.5) is 4.39 Å². The Hall–Kier alpha value is -1.63. The quantitative estimate of drug-likeness (QED) is 0.301. The fraction of sp³-hybridized carbons (Fsp3) is 0.333. The van der Waals surface area contributed by atoms with Gasteiger partial charge in [-0.15, -0.1) is 0 Å². The second-order valence-electron chi connectivity index (χ2n) is 6.21. The molecule has 0 spiro atoms. The SMILES string of the molecule is CC(C)Oc1ccc(OCCCOc2c(Cl)cc(OC/C=C(/F)Br)cc2Cl)cc1. The van der Waals surface area contributed by atoms with Crippen LogP contribution in [0.2, 0.25) is 10.0 Å². The van der Waals surface area contributed by atoms with Crippen molar-refractivity contribution in [3.8, 4) is 23.0 Å². The van der Waals surface area contributed by atoms with Gasteiger partial charge in [0.25, 0.3) is 0 Å². The molecule has 0 heterocycles. The summed E-state index contributed by atoms with van der Waals surface area (Å²) in [5.41, 5.74) is 0. The molecule has 0 amide bonds. The van der Waals surface area contributed by atoms with E-state index < -0.39 is 4.74 Å². The molecule has 2 aromatic rings. The molecule has 0 fully saturated rings. The number of benzene rings is 2. The van der Waals surface area contributed by atoms with Crippen LogP contribution in [0.25, 0.3) is 0 Å². The summed E-state index contributed by atoms with van der Waals surface area (Å²) in [5, 5.41) is 0.634. The molecule has 0 aromatic heterocycles. The van der Waals surface area contributed by atoms with Crippen molar-refractivity contribution in [2.75, 3.05) is 19.8 Å². The lowest BCUT2D eigenvalue weighted by molar-refractivity contribution is 0.239. The molecule has 0 saturated carbocycles. The van der Waals surface area contributed by atoms with E-state index in [1.807, 2.05) is 38.1 Å². The Bertz CT molecular complexity index is 786. The minimum Gasteiger partial charge on any atom is -0.493 e. The molecule has 0 radical (unpaired) electrons. The zero-order valence-electron chi connectivity index (χ0n) is 16.1. The predicted molar refractivity (Wildman–Crippen MR) is 118 cm³/mol. The summed E-state index contributed by atoms with van der Waals surface area (Å²) in [7, 11) is 0. The summed E-state index contributed by atoms with van der Waals surface area (Å²) in [5.74, 6) is 2.36. The standard InChI is InChI=1S/C21H22BrCl2FO4/c1-14(2)29-16-6-4-15(5-7-16)26-9-3-10-28-21-18(23)12-17(13-19(21)24)27-11-8-20(22)25/h4-8,12-14H,3,9-11H2,1-2H3/b20-8+. The zero-order valence-corrected chi connectivity index (χ0v) is 19.2. The van der Waals surface area contributed by atoms with Crippen LogP contribution in [0.5, 0.6) is 23.0 Å². The first kappa shape index (κ1) is 23.6. The molecule has 0 aliphatic rings. The van der Waals surface area contributed by atoms with Gasteiger partial charge in [-0.1, -0.05) is 23.2 Å². The van der Waals surface area contributed by atoms with Crippen molar-refractivity contribution >= 4 is 39.1 Å². The molecule has 0 saturated heterocycles. The van der Waals surface area contributed by atoms with Crippen LogP contribution >= 0.6 is 39.1 Å². The van der Waals surface area contributed by atoms with Crippen LogP contribution in [0, 0.1) is 0 Å². The fourth-order valence-electron chi connectivity index (χ4n) is 2.27. The van der Waals surface area contributed by atoms with Gasteiger partial charge >= 0.3 is 0 Å². The highest BCUT2D eigenvalue weighted by atomic mass is 79.9. The highest BCUT2D eigenvalue weighted by molar-refractivity contribution is 9.11. The lowest BCUT2D eigenvalue weighted by Gasteiger charge is -2.13. The number of hydrogen-bond donors (Lipinski definition) is 0. The Kier molecular flexibility index (Phi) is 9.91. The van der Waals surface area contributed by atoms with E-state index in [-0.39, 0.29) is 12.7 Å². The molecule has 29 heavy (non-hydrogen) atoms. The molecular weight excluding hydrogens is 486 g/mol. The maximum Gasteiger partial charge on any atom is 0.165 e. The Morgan fingerprint density at radius 3 is 2.14 bits per heavy atom. The van der Waals surface area contributed by atoms with E-state index in [4.69, 9.17) is 42.1 Å². The molecule has 0 aliphatic heterocycles. The first-order valence-electron chi connectivity index (χ1n) is 9.00. The molecule has 0 atom stereocenters. The molecule has 0 aliphatic carbocycles. The minimum atomic E-state index is -0.503. The predicted octanol–water partition coefficient (Wildman–Crippen LogP) is 7.21. The van der Waals surface area contributed by atoms with E-state index in [0.717, 1.165) is 11.5 Å². The van der Waals surface area contributed by atoms with Crippen molar-refractivity contribution in [3.05, 3.63) is 57.3 Å². The zero-order chi connectivity index (χ0) is 21.2. The van der Waals surface area contributed by atoms with Gasteiger partial charge in [0, 0.05) is 18.6 Å². The number of hydrogen-bond acceptors (Lipinski definition) is 4. The van der Waals surface area contributed by atoms with Gasteiger partial charge in [-0.2, -0.15) is 4.39 Å². The van der Waals surface area contributed by atoms with Crippen LogP contribution < -0.4 is 18.9 Å². The molecule has 0 bridgehead atoms. The van der Waals surface area contributed by atoms with Crippen molar-refractivity contribution < 1.29 is 23.3 Å². The highest BCUT2D eigenvalue weighted by Crippen LogP contribution is 2.37. The van der Waals surface area contributed by atoms with Crippen molar-refractivity contribution in [1.29, 1.82) is 0 Å². The van der Waals surface area contributed by atoms with Gasteiger partial charge < -0.3 is 18.9 Å². The second-order valence-corrected chi connectivity index (χ2v) is 7.78. The van der Waals surface area contributed by atoms with Crippen molar-refractivity contribution in [2.45, 2.75) is 26.4 Å². The summed E-state index contributed by atoms with van der Waals surface area (Å²) in [6.45, 7) is 4.86. The third kappa shape index (κ3) is 8.72. The van der Waals surface area contributed by atoms with Gasteiger partial charge in [0.05, 0.1) is 29.4 Å². The topological polar surface area (TPSA) is 36.9 Å². The molecule has 0 unspecified atom stereocenters. The van der Waals surface area contributed by atoms with Gasteiger partial charge in [0.15, 0.2) is 10.5 Å². The lowest BCUT2D eigenvalue weighted by atomic mass is 10.3. The maximum absolute atomic E-state index is 12.6. The smallest absolute Gasteiger partial charge is 0.165 e. The molecule has 8 heteroatoms. The van der Waals surface area contributed by atoms with Crippen molar-refractivity contribution in [1.82, 2.24) is 0 Å². The van der Waals surface area contributed by atoms with Gasteiger partial charge in [0.2, 0.25) is 0 Å². The van der Waals surface area contributed by atoms with Crippen LogP contribution in [0.1, 0.15) is 20.3 Å². The average molecular weight is 508 g/mol. The van der Waals surface area contributed by atoms with Crippen molar-refractivity contribution in [2.24, 2.45) is 0 Å². The molecule has 0 N–H and O–H groups in total. The van der Waals surface area contributed by atoms with Crippen molar-refractivity contribution in [3.63, 3.8) is 0 Å². The van der Waals surface area contributed by atoms with E-state index in [0.29, 0.717) is 41.2 Å². The van der Waals surface area contributed by atoms with E-state index in [1.165, 1.54) is 6.08 Å². The third-order valence-electron chi connectivity index (χ3n) is 3.46. The summed E-state index contributed by atoms with van der Waals surface area (Å²) >= 11 is 15.1. The Morgan fingerprint density at radius 2 is 1.55 bits per heavy atom. The Balaban J connectivity index is 1.76. The van der Waals surface area contributed by atoms with E-state index in [9.17, 15) is 4.39 Å². The monoisotopic (exact) mass is 506 g/mol.